The van der Waals surface area contributed by atoms with Crippen LogP contribution < -0.4 is 5.73 Å². The number of primary amides is 1. The maximum Gasteiger partial charge on any atom is 0.405 e. The van der Waals surface area contributed by atoms with Crippen LogP contribution >= 0.6 is 23.2 Å². The topological polar surface area (TPSA) is 234 Å². The van der Waals surface area contributed by atoms with E-state index in [4.69, 9.17) is 43.5 Å². The molecule has 15 heteroatoms. The van der Waals surface area contributed by atoms with Crippen LogP contribution in [0, 0.1) is 11.8 Å². The molecule has 1 amide bonds. The first kappa shape index (κ1) is 42.7. The number of ether oxygens (including phenoxy) is 2. The lowest BCUT2D eigenvalue weighted by atomic mass is 9.83. The summed E-state index contributed by atoms with van der Waals surface area (Å²) in [6.07, 6.45) is 3.63. The Morgan fingerprint density at radius 1 is 1.00 bits per heavy atom. The number of carboxylic acid groups (broad SMARTS) is 1. The molecule has 0 bridgehead atoms. The molecule has 0 spiro atoms. The summed E-state index contributed by atoms with van der Waals surface area (Å²) in [6.45, 7) is 5.07. The molecule has 1 saturated carbocycles. The largest absolute Gasteiger partial charge is 0.481 e. The number of aliphatic hydroxyl groups excluding tert-OH is 5. The van der Waals surface area contributed by atoms with Gasteiger partial charge in [-0.05, 0) is 31.9 Å². The third-order valence-electron chi connectivity index (χ3n) is 7.37. The van der Waals surface area contributed by atoms with Crippen molar-refractivity contribution in [3.05, 3.63) is 71.4 Å². The highest BCUT2D eigenvalue weighted by atomic mass is 35.5. The summed E-state index contributed by atoms with van der Waals surface area (Å²) in [5, 5.41) is 59.2. The maximum atomic E-state index is 12.6. The molecule has 0 radical (unpaired) electrons. The van der Waals surface area contributed by atoms with E-state index in [0.717, 1.165) is 11.6 Å². The van der Waals surface area contributed by atoms with E-state index in [1.54, 1.807) is 43.4 Å². The third kappa shape index (κ3) is 14.9. The quantitative estimate of drug-likeness (QED) is 0.0356. The number of halogens is 2. The van der Waals surface area contributed by atoms with Crippen LogP contribution in [0.15, 0.2) is 71.4 Å². The number of rotatable bonds is 18. The van der Waals surface area contributed by atoms with Crippen molar-refractivity contribution in [2.24, 2.45) is 17.6 Å². The molecular formula is C33H45Cl2NO12. The van der Waals surface area contributed by atoms with Crippen LogP contribution in [0.25, 0.3) is 0 Å². The zero-order chi connectivity index (χ0) is 36.6. The SMILES string of the molecule is CC/C=C/C(OC(N)=O)C(Cl)C(O)CC(=O)C(O)C(O)C(C)/C(Cl)=C/C=C/C=C(C)/C=C/C=C/C(=O)OC1CC(C(=O)O)CC(O)C1O. The zero-order valence-corrected chi connectivity index (χ0v) is 28.4. The number of hydrogen-bond donors (Lipinski definition) is 7. The minimum Gasteiger partial charge on any atom is -0.481 e. The van der Waals surface area contributed by atoms with E-state index in [9.17, 15) is 44.7 Å². The smallest absolute Gasteiger partial charge is 0.405 e. The van der Waals surface area contributed by atoms with Crippen LogP contribution in [0.3, 0.4) is 0 Å². The van der Waals surface area contributed by atoms with E-state index in [2.05, 4.69) is 0 Å². The predicted molar refractivity (Wildman–Crippen MR) is 178 cm³/mol. The molecule has 13 nitrogen and oxygen atoms in total. The van der Waals surface area contributed by atoms with Crippen molar-refractivity contribution < 1.29 is 59.3 Å². The van der Waals surface area contributed by atoms with Crippen molar-refractivity contribution in [3.8, 4) is 0 Å². The number of carbonyl (C=O) groups excluding carboxylic acids is 3. The number of aliphatic hydroxyl groups is 5. The van der Waals surface area contributed by atoms with Gasteiger partial charge in [-0.1, -0.05) is 73.6 Å². The number of amides is 1. The van der Waals surface area contributed by atoms with E-state index < -0.39 is 90.2 Å². The molecule has 1 fully saturated rings. The van der Waals surface area contributed by atoms with E-state index in [1.807, 2.05) is 6.92 Å². The van der Waals surface area contributed by atoms with Crippen molar-refractivity contribution in [1.29, 1.82) is 0 Å². The van der Waals surface area contributed by atoms with Crippen LogP contribution in [0.2, 0.25) is 0 Å². The Hall–Kier alpha value is -3.30. The fourth-order valence-corrected chi connectivity index (χ4v) is 4.93. The second kappa shape index (κ2) is 21.6. The summed E-state index contributed by atoms with van der Waals surface area (Å²) in [5.74, 6) is -4.67. The van der Waals surface area contributed by atoms with Gasteiger partial charge in [0.25, 0.3) is 0 Å². The van der Waals surface area contributed by atoms with Crippen molar-refractivity contribution in [1.82, 2.24) is 0 Å². The Labute approximate surface area is 289 Å². The van der Waals surface area contributed by atoms with Crippen LogP contribution in [-0.4, -0.2) is 103 Å². The number of carboxylic acids is 1. The number of esters is 1. The van der Waals surface area contributed by atoms with Gasteiger partial charge in [0, 0.05) is 29.9 Å². The molecule has 0 aromatic heterocycles. The van der Waals surface area contributed by atoms with Gasteiger partial charge in [-0.25, -0.2) is 9.59 Å². The van der Waals surface area contributed by atoms with Crippen molar-refractivity contribution in [2.45, 2.75) is 94.6 Å². The molecule has 1 aliphatic carbocycles. The number of nitrogens with two attached hydrogens (primary N) is 1. The summed E-state index contributed by atoms with van der Waals surface area (Å²) in [6, 6.07) is 0. The van der Waals surface area contributed by atoms with Crippen LogP contribution in [-0.2, 0) is 23.9 Å². The number of alkyl halides is 1. The van der Waals surface area contributed by atoms with Crippen LogP contribution in [0.1, 0.15) is 46.5 Å². The maximum absolute atomic E-state index is 12.6. The summed E-state index contributed by atoms with van der Waals surface area (Å²) < 4.78 is 9.99. The van der Waals surface area contributed by atoms with Crippen LogP contribution in [0.4, 0.5) is 4.79 Å². The van der Waals surface area contributed by atoms with Gasteiger partial charge in [-0.3, -0.25) is 9.59 Å². The highest BCUT2D eigenvalue weighted by Gasteiger charge is 2.41. The molecule has 48 heavy (non-hydrogen) atoms. The minimum absolute atomic E-state index is 0.111. The van der Waals surface area contributed by atoms with Gasteiger partial charge in [-0.2, -0.15) is 0 Å². The number of hydrogen-bond acceptors (Lipinski definition) is 11. The number of aliphatic carboxylic acids is 1. The first-order chi connectivity index (χ1) is 22.5. The van der Waals surface area contributed by atoms with Gasteiger partial charge in [0.05, 0.1) is 24.2 Å². The van der Waals surface area contributed by atoms with Gasteiger partial charge < -0.3 is 45.8 Å². The summed E-state index contributed by atoms with van der Waals surface area (Å²) >= 11 is 12.5. The lowest BCUT2D eigenvalue weighted by molar-refractivity contribution is -0.170. The molecule has 10 unspecified atom stereocenters. The Balaban J connectivity index is 2.68. The van der Waals surface area contributed by atoms with E-state index in [-0.39, 0.29) is 17.9 Å². The molecule has 1 aliphatic rings. The molecule has 1 rings (SSSR count). The second-order valence-corrected chi connectivity index (χ2v) is 12.2. The zero-order valence-electron chi connectivity index (χ0n) is 26.8. The number of ketones is 1. The lowest BCUT2D eigenvalue weighted by Gasteiger charge is -2.34. The average Bonchev–Trinajstić information content (AvgIpc) is 3.03. The lowest BCUT2D eigenvalue weighted by Crippen LogP contribution is -2.48. The first-order valence-corrected chi connectivity index (χ1v) is 16.0. The standard InChI is InChI=1S/C33H45Cl2NO12/c1-4-5-13-25(48-33(36)46)28(35)22(37)17-24(39)31(43)29(41)19(3)21(34)12-8-6-10-18(2)11-7-9-14-27(40)47-26-16-20(32(44)45)15-23(38)30(26)42/h5-14,19-20,22-23,25-26,28-31,37-38,41-43H,4,15-17H2,1-3H3,(H2,36,46)(H,44,45)/b8-6+,11-7+,13-5+,14-9+,18-10+,21-12-. The van der Waals surface area contributed by atoms with Crippen molar-refractivity contribution in [3.63, 3.8) is 0 Å². The number of Topliss-reactive ketones (excluding diaryl/α,β-unsaturated/α-hetero) is 1. The Kier molecular flexibility index (Phi) is 19.2. The van der Waals surface area contributed by atoms with Gasteiger partial charge >= 0.3 is 18.0 Å². The van der Waals surface area contributed by atoms with Gasteiger partial charge in [-0.15, -0.1) is 11.6 Å². The van der Waals surface area contributed by atoms with Crippen LogP contribution in [0.5, 0.6) is 0 Å². The van der Waals surface area contributed by atoms with Gasteiger partial charge in [0.1, 0.15) is 29.8 Å². The van der Waals surface area contributed by atoms with E-state index >= 15 is 0 Å². The van der Waals surface area contributed by atoms with E-state index in [1.165, 1.54) is 25.2 Å². The van der Waals surface area contributed by atoms with E-state index in [0.29, 0.717) is 6.42 Å². The fourth-order valence-electron chi connectivity index (χ4n) is 4.51. The monoisotopic (exact) mass is 717 g/mol. The molecule has 0 aliphatic heterocycles. The normalized spacial score (nSPS) is 24.8. The highest BCUT2D eigenvalue weighted by molar-refractivity contribution is 6.30. The highest BCUT2D eigenvalue weighted by Crippen LogP contribution is 2.28. The molecule has 0 aromatic rings. The first-order valence-electron chi connectivity index (χ1n) is 15.2. The van der Waals surface area contributed by atoms with Crippen molar-refractivity contribution >= 4 is 47.0 Å². The van der Waals surface area contributed by atoms with Gasteiger partial charge in [0.2, 0.25) is 0 Å². The molecule has 10 atom stereocenters. The summed E-state index contributed by atoms with van der Waals surface area (Å²) in [5.41, 5.74) is 5.79. The minimum atomic E-state index is -1.90. The Morgan fingerprint density at radius 2 is 1.62 bits per heavy atom. The second-order valence-electron chi connectivity index (χ2n) is 11.2. The number of carbonyl (C=O) groups is 4. The third-order valence-corrected chi connectivity index (χ3v) is 8.38. The van der Waals surface area contributed by atoms with Crippen molar-refractivity contribution in [2.75, 3.05) is 0 Å². The van der Waals surface area contributed by atoms with Gasteiger partial charge in [0.15, 0.2) is 5.78 Å². The summed E-state index contributed by atoms with van der Waals surface area (Å²) in [4.78, 5) is 47.0. The molecule has 8 N–H and O–H groups in total. The molecule has 0 heterocycles. The summed E-state index contributed by atoms with van der Waals surface area (Å²) in [7, 11) is 0. The number of allylic oxidation sites excluding steroid dienone is 9. The molecule has 0 saturated heterocycles. The Bertz CT molecular complexity index is 1280. The predicted octanol–water partition coefficient (Wildman–Crippen LogP) is 2.57. The Morgan fingerprint density at radius 3 is 2.23 bits per heavy atom. The molecular weight excluding hydrogens is 673 g/mol. The molecule has 0 aromatic carbocycles. The average molecular weight is 719 g/mol. The molecule has 268 valence electrons. The fraction of sp³-hybridized carbons (Fsp3) is 0.515.